The normalized spacial score (nSPS) is 14.2. The summed E-state index contributed by atoms with van der Waals surface area (Å²) in [6.07, 6.45) is 3.24. The molecular formula is C19H19N7O3. The Hall–Kier alpha value is -3.66. The summed E-state index contributed by atoms with van der Waals surface area (Å²) in [5.74, 6) is 1.14. The summed E-state index contributed by atoms with van der Waals surface area (Å²) in [5.41, 5.74) is 1.35. The highest BCUT2D eigenvalue weighted by Crippen LogP contribution is 2.26. The molecular weight excluding hydrogens is 374 g/mol. The molecule has 2 N–H and O–H groups in total. The van der Waals surface area contributed by atoms with E-state index in [0.717, 1.165) is 0 Å². The second kappa shape index (κ2) is 8.15. The minimum absolute atomic E-state index is 0.0877. The van der Waals surface area contributed by atoms with Crippen LogP contribution in [-0.2, 0) is 9.59 Å². The van der Waals surface area contributed by atoms with Gasteiger partial charge in [-0.1, -0.05) is 5.16 Å². The van der Waals surface area contributed by atoms with Gasteiger partial charge in [0, 0.05) is 43.8 Å². The van der Waals surface area contributed by atoms with E-state index in [9.17, 15) is 9.59 Å². The van der Waals surface area contributed by atoms with Gasteiger partial charge in [0.25, 0.3) is 0 Å². The van der Waals surface area contributed by atoms with Crippen LogP contribution in [0.25, 0.3) is 11.6 Å². The largest absolute Gasteiger partial charge is 0.338 e. The Kier molecular flexibility index (Phi) is 5.25. The van der Waals surface area contributed by atoms with Crippen LogP contribution in [-0.4, -0.2) is 56.5 Å². The van der Waals surface area contributed by atoms with Gasteiger partial charge in [-0.25, -0.2) is 9.97 Å². The molecule has 0 unspecified atom stereocenters. The summed E-state index contributed by atoms with van der Waals surface area (Å²) in [5, 5.41) is 9.44. The molecule has 1 aliphatic heterocycles. The molecule has 2 aromatic heterocycles. The number of nitrogens with one attached hydrogen (secondary N) is 2. The SMILES string of the molecule is CC(=O)Nc1ccc(NC(=O)CN2CC(c3nc(-c4ncccn4)no3)C2)cc1. The number of amides is 2. The van der Waals surface area contributed by atoms with E-state index >= 15 is 0 Å². The van der Waals surface area contributed by atoms with Crippen LogP contribution in [0.4, 0.5) is 11.4 Å². The quantitative estimate of drug-likeness (QED) is 0.646. The zero-order valence-electron chi connectivity index (χ0n) is 15.7. The highest BCUT2D eigenvalue weighted by Gasteiger charge is 2.33. The van der Waals surface area contributed by atoms with Gasteiger partial charge in [0.2, 0.25) is 29.4 Å². The monoisotopic (exact) mass is 393 g/mol. The number of aromatic nitrogens is 4. The lowest BCUT2D eigenvalue weighted by atomic mass is 10.0. The first-order valence-electron chi connectivity index (χ1n) is 9.07. The zero-order valence-corrected chi connectivity index (χ0v) is 15.7. The Bertz CT molecular complexity index is 998. The molecule has 4 rings (SSSR count). The van der Waals surface area contributed by atoms with Crippen LogP contribution in [0.5, 0.6) is 0 Å². The van der Waals surface area contributed by atoms with Gasteiger partial charge in [0.1, 0.15) is 0 Å². The molecule has 148 valence electrons. The summed E-state index contributed by atoms with van der Waals surface area (Å²) >= 11 is 0. The van der Waals surface area contributed by atoms with E-state index < -0.39 is 0 Å². The molecule has 0 aliphatic carbocycles. The number of carbonyl (C=O) groups excluding carboxylic acids is 2. The molecule has 0 atom stereocenters. The first-order chi connectivity index (χ1) is 14.1. The van der Waals surface area contributed by atoms with Gasteiger partial charge in [-0.3, -0.25) is 14.5 Å². The van der Waals surface area contributed by atoms with Gasteiger partial charge in [-0.05, 0) is 30.3 Å². The van der Waals surface area contributed by atoms with Crippen LogP contribution in [0, 0.1) is 0 Å². The van der Waals surface area contributed by atoms with Crippen molar-refractivity contribution in [2.24, 2.45) is 0 Å². The Balaban J connectivity index is 1.25. The Labute approximate surface area is 166 Å². The van der Waals surface area contributed by atoms with Crippen molar-refractivity contribution in [3.05, 3.63) is 48.6 Å². The van der Waals surface area contributed by atoms with E-state index in [1.807, 2.05) is 4.90 Å². The molecule has 0 saturated carbocycles. The number of carbonyl (C=O) groups is 2. The Morgan fingerprint density at radius 3 is 2.38 bits per heavy atom. The van der Waals surface area contributed by atoms with Crippen LogP contribution < -0.4 is 10.6 Å². The first-order valence-corrected chi connectivity index (χ1v) is 9.07. The van der Waals surface area contributed by atoms with Crippen LogP contribution in [0.15, 0.2) is 47.2 Å². The molecule has 3 heterocycles. The number of hydrogen-bond donors (Lipinski definition) is 2. The molecule has 1 aromatic carbocycles. The number of hydrogen-bond acceptors (Lipinski definition) is 8. The highest BCUT2D eigenvalue weighted by atomic mass is 16.5. The molecule has 3 aromatic rings. The van der Waals surface area contributed by atoms with Gasteiger partial charge in [-0.2, -0.15) is 4.98 Å². The minimum atomic E-state index is -0.140. The number of anilines is 2. The van der Waals surface area contributed by atoms with Crippen LogP contribution >= 0.6 is 0 Å². The molecule has 10 nitrogen and oxygen atoms in total. The second-order valence-corrected chi connectivity index (χ2v) is 6.73. The molecule has 0 spiro atoms. The van der Waals surface area contributed by atoms with Crippen molar-refractivity contribution in [2.75, 3.05) is 30.3 Å². The fourth-order valence-electron chi connectivity index (χ4n) is 3.01. The lowest BCUT2D eigenvalue weighted by Crippen LogP contribution is -2.48. The third-order valence-corrected chi connectivity index (χ3v) is 4.37. The van der Waals surface area contributed by atoms with E-state index in [1.54, 1.807) is 42.7 Å². The summed E-state index contributed by atoms with van der Waals surface area (Å²) in [4.78, 5) is 37.8. The number of nitrogens with zero attached hydrogens (tertiary/aromatic N) is 5. The lowest BCUT2D eigenvalue weighted by molar-refractivity contribution is -0.118. The molecule has 1 saturated heterocycles. The first kappa shape index (κ1) is 18.7. The summed E-state index contributed by atoms with van der Waals surface area (Å²) in [6.45, 7) is 3.03. The molecule has 2 amide bonds. The van der Waals surface area contributed by atoms with Crippen molar-refractivity contribution in [1.82, 2.24) is 25.0 Å². The van der Waals surface area contributed by atoms with Gasteiger partial charge in [-0.15, -0.1) is 0 Å². The third-order valence-electron chi connectivity index (χ3n) is 4.37. The smallest absolute Gasteiger partial charge is 0.240 e. The predicted octanol–water partition coefficient (Wildman–Crippen LogP) is 1.52. The van der Waals surface area contributed by atoms with Crippen molar-refractivity contribution in [3.8, 4) is 11.6 Å². The molecule has 10 heteroatoms. The van der Waals surface area contributed by atoms with E-state index in [0.29, 0.717) is 42.0 Å². The van der Waals surface area contributed by atoms with E-state index in [-0.39, 0.29) is 24.3 Å². The van der Waals surface area contributed by atoms with Crippen LogP contribution in [0.1, 0.15) is 18.7 Å². The maximum Gasteiger partial charge on any atom is 0.240 e. The average molecular weight is 393 g/mol. The Morgan fingerprint density at radius 2 is 1.72 bits per heavy atom. The van der Waals surface area contributed by atoms with Gasteiger partial charge in [0.15, 0.2) is 0 Å². The maximum absolute atomic E-state index is 12.2. The van der Waals surface area contributed by atoms with Crippen molar-refractivity contribution in [3.63, 3.8) is 0 Å². The second-order valence-electron chi connectivity index (χ2n) is 6.73. The Morgan fingerprint density at radius 1 is 1.07 bits per heavy atom. The van der Waals surface area contributed by atoms with Gasteiger partial charge < -0.3 is 15.2 Å². The van der Waals surface area contributed by atoms with E-state index in [2.05, 4.69) is 30.7 Å². The molecule has 29 heavy (non-hydrogen) atoms. The molecule has 0 radical (unpaired) electrons. The lowest BCUT2D eigenvalue weighted by Gasteiger charge is -2.36. The number of benzene rings is 1. The molecule has 0 bridgehead atoms. The fraction of sp³-hybridized carbons (Fsp3) is 0.263. The van der Waals surface area contributed by atoms with E-state index in [4.69, 9.17) is 4.52 Å². The van der Waals surface area contributed by atoms with Crippen molar-refractivity contribution < 1.29 is 14.1 Å². The topological polar surface area (TPSA) is 126 Å². The maximum atomic E-state index is 12.2. The van der Waals surface area contributed by atoms with Crippen LogP contribution in [0.2, 0.25) is 0 Å². The number of rotatable bonds is 6. The standard InChI is InChI=1S/C19H19N7O3/c1-12(27)22-14-3-5-15(6-4-14)23-16(28)11-26-9-13(10-26)19-24-18(25-29-19)17-20-7-2-8-21-17/h2-8,13H,9-11H2,1H3,(H,22,27)(H,23,28). The van der Waals surface area contributed by atoms with Crippen molar-refractivity contribution in [1.29, 1.82) is 0 Å². The highest BCUT2D eigenvalue weighted by molar-refractivity contribution is 5.93. The van der Waals surface area contributed by atoms with Crippen LogP contribution in [0.3, 0.4) is 0 Å². The zero-order chi connectivity index (χ0) is 20.2. The summed E-state index contributed by atoms with van der Waals surface area (Å²) in [7, 11) is 0. The summed E-state index contributed by atoms with van der Waals surface area (Å²) < 4.78 is 5.31. The fourth-order valence-corrected chi connectivity index (χ4v) is 3.01. The van der Waals surface area contributed by atoms with Gasteiger partial charge in [0.05, 0.1) is 12.5 Å². The van der Waals surface area contributed by atoms with Crippen molar-refractivity contribution in [2.45, 2.75) is 12.8 Å². The third kappa shape index (κ3) is 4.61. The van der Waals surface area contributed by atoms with Gasteiger partial charge >= 0.3 is 0 Å². The molecule has 1 aliphatic rings. The summed E-state index contributed by atoms with van der Waals surface area (Å²) in [6, 6.07) is 8.68. The van der Waals surface area contributed by atoms with E-state index in [1.165, 1.54) is 6.92 Å². The predicted molar refractivity (Wildman–Crippen MR) is 104 cm³/mol. The molecule has 1 fully saturated rings. The van der Waals surface area contributed by atoms with Crippen molar-refractivity contribution >= 4 is 23.2 Å². The minimum Gasteiger partial charge on any atom is -0.338 e. The average Bonchev–Trinajstić information content (AvgIpc) is 3.16. The number of likely N-dealkylation sites (tertiary alicyclic amines) is 1.